The number of nitrogens with zero attached hydrogens (tertiary/aromatic N) is 1. The van der Waals surface area contributed by atoms with Crippen molar-refractivity contribution in [2.75, 3.05) is 5.73 Å². The zero-order valence-electron chi connectivity index (χ0n) is 11.2. The molecular formula is C16H13N3O2. The number of anilines is 1. The normalized spacial score (nSPS) is 11.6. The third kappa shape index (κ3) is 2.51. The number of nitrogens with one attached hydrogen (secondary N) is 1. The molecule has 1 aliphatic heterocycles. The van der Waals surface area contributed by atoms with E-state index in [1.165, 1.54) is 6.07 Å². The number of rotatable bonds is 3. The van der Waals surface area contributed by atoms with Crippen molar-refractivity contribution in [1.82, 2.24) is 5.32 Å². The van der Waals surface area contributed by atoms with Crippen LogP contribution in [0.25, 0.3) is 0 Å². The van der Waals surface area contributed by atoms with Gasteiger partial charge in [0.2, 0.25) is 0 Å². The monoisotopic (exact) mass is 279 g/mol. The predicted octanol–water partition coefficient (Wildman–Crippen LogP) is 1.96. The molecule has 5 nitrogen and oxygen atoms in total. The smallest absolute Gasteiger partial charge is 0.253 e. The molecule has 0 aromatic heterocycles. The molecule has 104 valence electrons. The Morgan fingerprint density at radius 1 is 1.33 bits per heavy atom. The summed E-state index contributed by atoms with van der Waals surface area (Å²) in [6, 6.07) is 12.5. The lowest BCUT2D eigenvalue weighted by Gasteiger charge is -2.20. The summed E-state index contributed by atoms with van der Waals surface area (Å²) in [4.78, 5) is 12.1. The van der Waals surface area contributed by atoms with Crippen molar-refractivity contribution in [3.63, 3.8) is 0 Å². The first kappa shape index (κ1) is 13.0. The van der Waals surface area contributed by atoms with E-state index >= 15 is 0 Å². The van der Waals surface area contributed by atoms with Gasteiger partial charge in [0.05, 0.1) is 17.2 Å². The first-order chi connectivity index (χ1) is 10.2. The highest BCUT2D eigenvalue weighted by atomic mass is 16.5. The topological polar surface area (TPSA) is 88.1 Å². The van der Waals surface area contributed by atoms with E-state index in [1.807, 2.05) is 24.3 Å². The number of nitrogens with two attached hydrogens (primary N) is 1. The Kier molecular flexibility index (Phi) is 3.20. The number of hydrogen-bond acceptors (Lipinski definition) is 4. The van der Waals surface area contributed by atoms with E-state index in [9.17, 15) is 4.79 Å². The van der Waals surface area contributed by atoms with Gasteiger partial charge in [-0.2, -0.15) is 5.26 Å². The second-order valence-corrected chi connectivity index (χ2v) is 4.83. The number of carbonyl (C=O) groups is 1. The van der Waals surface area contributed by atoms with Gasteiger partial charge in [-0.05, 0) is 35.9 Å². The minimum Gasteiger partial charge on any atom is -0.488 e. The average molecular weight is 279 g/mol. The highest BCUT2D eigenvalue weighted by Crippen LogP contribution is 2.29. The molecule has 2 aromatic rings. The van der Waals surface area contributed by atoms with Crippen molar-refractivity contribution < 1.29 is 9.53 Å². The lowest BCUT2D eigenvalue weighted by Crippen LogP contribution is -2.24. The first-order valence-corrected chi connectivity index (χ1v) is 6.50. The fourth-order valence-electron chi connectivity index (χ4n) is 2.17. The van der Waals surface area contributed by atoms with Crippen molar-refractivity contribution in [3.8, 4) is 11.8 Å². The van der Waals surface area contributed by atoms with Crippen LogP contribution in [0.1, 0.15) is 27.0 Å². The van der Waals surface area contributed by atoms with Crippen LogP contribution in [-0.2, 0) is 13.2 Å². The zero-order chi connectivity index (χ0) is 14.8. The Morgan fingerprint density at radius 2 is 2.19 bits per heavy atom. The van der Waals surface area contributed by atoms with E-state index in [0.717, 1.165) is 16.9 Å². The van der Waals surface area contributed by atoms with Crippen molar-refractivity contribution in [1.29, 1.82) is 5.26 Å². The molecule has 0 unspecified atom stereocenters. The molecule has 21 heavy (non-hydrogen) atoms. The summed E-state index contributed by atoms with van der Waals surface area (Å²) in [5.41, 5.74) is 9.02. The molecule has 1 heterocycles. The van der Waals surface area contributed by atoms with Gasteiger partial charge < -0.3 is 15.8 Å². The van der Waals surface area contributed by atoms with E-state index in [0.29, 0.717) is 30.0 Å². The van der Waals surface area contributed by atoms with Gasteiger partial charge in [0.1, 0.15) is 12.4 Å². The lowest BCUT2D eigenvalue weighted by molar-refractivity contribution is 0.0951. The zero-order valence-corrected chi connectivity index (χ0v) is 11.2. The minimum absolute atomic E-state index is 0.288. The minimum atomic E-state index is -0.288. The van der Waals surface area contributed by atoms with Crippen molar-refractivity contribution in [2.45, 2.75) is 13.2 Å². The lowest BCUT2D eigenvalue weighted by atomic mass is 10.1. The van der Waals surface area contributed by atoms with Crippen LogP contribution in [0.5, 0.6) is 5.75 Å². The molecule has 3 rings (SSSR count). The summed E-state index contributed by atoms with van der Waals surface area (Å²) in [6.45, 7) is 1.02. The molecule has 0 radical (unpaired) electrons. The van der Waals surface area contributed by atoms with Crippen LogP contribution < -0.4 is 15.8 Å². The Bertz CT molecular complexity index is 763. The largest absolute Gasteiger partial charge is 0.488 e. The van der Waals surface area contributed by atoms with Crippen molar-refractivity contribution in [3.05, 3.63) is 58.7 Å². The van der Waals surface area contributed by atoms with Crippen LogP contribution in [0.2, 0.25) is 0 Å². The molecule has 2 aromatic carbocycles. The van der Waals surface area contributed by atoms with Gasteiger partial charge >= 0.3 is 0 Å². The summed E-state index contributed by atoms with van der Waals surface area (Å²) in [7, 11) is 0. The Balaban J connectivity index is 1.71. The second-order valence-electron chi connectivity index (χ2n) is 4.83. The number of amides is 1. The molecule has 5 heteroatoms. The fraction of sp³-hybridized carbons (Fsp3) is 0.125. The van der Waals surface area contributed by atoms with Gasteiger partial charge in [-0.1, -0.05) is 6.07 Å². The van der Waals surface area contributed by atoms with Gasteiger partial charge in [-0.15, -0.1) is 0 Å². The summed E-state index contributed by atoms with van der Waals surface area (Å²) >= 11 is 0. The van der Waals surface area contributed by atoms with E-state index < -0.39 is 0 Å². The van der Waals surface area contributed by atoms with Crippen LogP contribution in [0.4, 0.5) is 5.69 Å². The van der Waals surface area contributed by atoms with Crippen molar-refractivity contribution >= 4 is 11.6 Å². The fourth-order valence-corrected chi connectivity index (χ4v) is 2.17. The molecule has 1 amide bonds. The number of nitriles is 1. The quantitative estimate of drug-likeness (QED) is 0.841. The number of hydrogen-bond donors (Lipinski definition) is 2. The van der Waals surface area contributed by atoms with Crippen LogP contribution >= 0.6 is 0 Å². The highest BCUT2D eigenvalue weighted by molar-refractivity contribution is 5.99. The molecule has 0 spiro atoms. The predicted molar refractivity (Wildman–Crippen MR) is 77.5 cm³/mol. The van der Waals surface area contributed by atoms with Crippen LogP contribution in [0.15, 0.2) is 36.4 Å². The summed E-state index contributed by atoms with van der Waals surface area (Å²) in [6.07, 6.45) is 0. The maximum absolute atomic E-state index is 12.1. The number of nitrogen functional groups attached to an aromatic ring is 1. The van der Waals surface area contributed by atoms with Crippen LogP contribution in [-0.4, -0.2) is 5.91 Å². The summed E-state index contributed by atoms with van der Waals surface area (Å²) in [5, 5.41) is 11.7. The van der Waals surface area contributed by atoms with Crippen LogP contribution in [0, 0.1) is 11.3 Å². The summed E-state index contributed by atoms with van der Waals surface area (Å²) < 4.78 is 5.23. The van der Waals surface area contributed by atoms with Gasteiger partial charge in [0.15, 0.2) is 0 Å². The maximum atomic E-state index is 12.1. The van der Waals surface area contributed by atoms with Gasteiger partial charge in [0, 0.05) is 17.8 Å². The molecule has 0 saturated carbocycles. The van der Waals surface area contributed by atoms with E-state index in [2.05, 4.69) is 5.32 Å². The standard InChI is InChI=1S/C16H13N3O2/c17-7-10-1-3-14(18)13(6-10)16(20)19-8-11-2-4-15-12(5-11)9-21-15/h1-6H,8-9,18H2,(H,19,20). The number of carbonyl (C=O) groups excluding carboxylic acids is 1. The Morgan fingerprint density at radius 3 is 2.86 bits per heavy atom. The first-order valence-electron chi connectivity index (χ1n) is 6.50. The summed E-state index contributed by atoms with van der Waals surface area (Å²) in [5.74, 6) is 0.611. The average Bonchev–Trinajstić information content (AvgIpc) is 2.47. The molecule has 0 atom stereocenters. The Hall–Kier alpha value is -3.00. The van der Waals surface area contributed by atoms with Gasteiger partial charge in [0.25, 0.3) is 5.91 Å². The third-order valence-corrected chi connectivity index (χ3v) is 3.39. The van der Waals surface area contributed by atoms with E-state index in [-0.39, 0.29) is 5.91 Å². The third-order valence-electron chi connectivity index (χ3n) is 3.39. The van der Waals surface area contributed by atoms with Gasteiger partial charge in [-0.25, -0.2) is 0 Å². The maximum Gasteiger partial charge on any atom is 0.253 e. The number of fused-ring (bicyclic) bond motifs is 1. The molecular weight excluding hydrogens is 266 g/mol. The number of benzene rings is 2. The van der Waals surface area contributed by atoms with E-state index in [4.69, 9.17) is 15.7 Å². The molecule has 3 N–H and O–H groups in total. The van der Waals surface area contributed by atoms with Crippen molar-refractivity contribution in [2.24, 2.45) is 0 Å². The number of ether oxygens (including phenoxy) is 1. The molecule has 0 aliphatic carbocycles. The SMILES string of the molecule is N#Cc1ccc(N)c(C(=O)NCc2ccc3c(c2)CO3)c1. The second kappa shape index (κ2) is 5.17. The van der Waals surface area contributed by atoms with Crippen LogP contribution in [0.3, 0.4) is 0 Å². The molecule has 0 fully saturated rings. The molecule has 0 bridgehead atoms. The van der Waals surface area contributed by atoms with Gasteiger partial charge in [-0.3, -0.25) is 4.79 Å². The molecule has 0 saturated heterocycles. The van der Waals surface area contributed by atoms with E-state index in [1.54, 1.807) is 12.1 Å². The molecule has 1 aliphatic rings. The highest BCUT2D eigenvalue weighted by Gasteiger charge is 2.15. The Labute approximate surface area is 121 Å².